The van der Waals surface area contributed by atoms with Crippen LogP contribution in [0.2, 0.25) is 0 Å². The van der Waals surface area contributed by atoms with Crippen molar-refractivity contribution in [3.8, 4) is 11.8 Å². The molecule has 1 N–H and O–H groups in total. The SMILES string of the molecule is CCOc1nc(SC)nn2c(Br)cnc12.CCOc1nc(SC)nn2c([C@]3(O)O[C@H](CC)[C@@H](C)[C@H]3F)cnc12.CC[C@H]1OC(=O)[C@H](F)[C@@H]1C. The van der Waals surface area contributed by atoms with Crippen molar-refractivity contribution < 1.29 is 37.6 Å². The van der Waals surface area contributed by atoms with Gasteiger partial charge in [0.25, 0.3) is 11.8 Å². The first-order valence-corrected chi connectivity index (χ1v) is 19.0. The molecule has 270 valence electrons. The molecule has 0 spiro atoms. The second-order valence-electron chi connectivity index (χ2n) is 11.0. The molecule has 0 radical (unpaired) electrons. The molecule has 4 aromatic rings. The number of rotatable bonds is 9. The van der Waals surface area contributed by atoms with E-state index < -0.39 is 30.0 Å². The predicted molar refractivity (Wildman–Crippen MR) is 183 cm³/mol. The van der Waals surface area contributed by atoms with Gasteiger partial charge in [0, 0.05) is 11.8 Å². The van der Waals surface area contributed by atoms with E-state index in [4.69, 9.17) is 18.9 Å². The first-order chi connectivity index (χ1) is 23.4. The fourth-order valence-corrected chi connectivity index (χ4v) is 6.34. The summed E-state index contributed by atoms with van der Waals surface area (Å²) in [5.41, 5.74) is 1.09. The number of fused-ring (bicyclic) bond motifs is 2. The van der Waals surface area contributed by atoms with Gasteiger partial charge in [0.05, 0.1) is 31.7 Å². The van der Waals surface area contributed by atoms with Crippen LogP contribution in [0.15, 0.2) is 27.3 Å². The minimum Gasteiger partial charge on any atom is -0.475 e. The highest BCUT2D eigenvalue weighted by molar-refractivity contribution is 9.10. The molecule has 49 heavy (non-hydrogen) atoms. The van der Waals surface area contributed by atoms with Gasteiger partial charge in [-0.3, -0.25) is 0 Å². The van der Waals surface area contributed by atoms with E-state index in [0.717, 1.165) is 4.60 Å². The number of thioether (sulfide) groups is 2. The van der Waals surface area contributed by atoms with Gasteiger partial charge in [-0.2, -0.15) is 14.5 Å². The minimum atomic E-state index is -2.09. The molecule has 0 saturated carbocycles. The second kappa shape index (κ2) is 16.9. The van der Waals surface area contributed by atoms with Gasteiger partial charge >= 0.3 is 5.97 Å². The van der Waals surface area contributed by atoms with Crippen molar-refractivity contribution in [3.05, 3.63) is 22.7 Å². The van der Waals surface area contributed by atoms with Gasteiger partial charge in [0.1, 0.15) is 16.4 Å². The number of carbonyl (C=O) groups excluding carboxylic acids is 1. The molecule has 7 atom stereocenters. The van der Waals surface area contributed by atoms with E-state index in [0.29, 0.717) is 59.4 Å². The number of alkyl halides is 2. The topological polar surface area (TPSA) is 160 Å². The van der Waals surface area contributed by atoms with Crippen molar-refractivity contribution in [2.24, 2.45) is 11.8 Å². The van der Waals surface area contributed by atoms with E-state index in [9.17, 15) is 18.7 Å². The van der Waals surface area contributed by atoms with E-state index in [1.54, 1.807) is 24.6 Å². The fraction of sp³-hybridized carbons (Fsp3) is 0.633. The van der Waals surface area contributed by atoms with E-state index in [1.807, 2.05) is 40.2 Å². The predicted octanol–water partition coefficient (Wildman–Crippen LogP) is 5.48. The minimum absolute atomic E-state index is 0.145. The van der Waals surface area contributed by atoms with Crippen LogP contribution in [-0.4, -0.2) is 101 Å². The lowest BCUT2D eigenvalue weighted by Crippen LogP contribution is -2.37. The third kappa shape index (κ3) is 8.05. The molecule has 19 heteroatoms. The van der Waals surface area contributed by atoms with Crippen LogP contribution in [0.5, 0.6) is 11.8 Å². The summed E-state index contributed by atoms with van der Waals surface area (Å²) in [6, 6.07) is 0. The summed E-state index contributed by atoms with van der Waals surface area (Å²) in [4.78, 5) is 27.5. The highest BCUT2D eigenvalue weighted by Gasteiger charge is 2.55. The highest BCUT2D eigenvalue weighted by atomic mass is 79.9. The molecule has 0 unspecified atom stereocenters. The van der Waals surface area contributed by atoms with Crippen LogP contribution in [0.25, 0.3) is 11.3 Å². The maximum Gasteiger partial charge on any atom is 0.341 e. The molecule has 0 bridgehead atoms. The highest BCUT2D eigenvalue weighted by Crippen LogP contribution is 2.44. The van der Waals surface area contributed by atoms with Crippen molar-refractivity contribution in [1.82, 2.24) is 39.2 Å². The van der Waals surface area contributed by atoms with Crippen molar-refractivity contribution in [2.45, 2.75) is 95.0 Å². The fourth-order valence-electron chi connectivity index (χ4n) is 5.32. The molecule has 0 aromatic carbocycles. The maximum atomic E-state index is 14.8. The average Bonchev–Trinajstić information content (AvgIpc) is 3.83. The monoisotopic (exact) mass is 790 g/mol. The Hall–Kier alpha value is -2.87. The van der Waals surface area contributed by atoms with Gasteiger partial charge in [0.15, 0.2) is 6.17 Å². The van der Waals surface area contributed by atoms with Gasteiger partial charge in [-0.15, -0.1) is 10.2 Å². The smallest absolute Gasteiger partial charge is 0.341 e. The summed E-state index contributed by atoms with van der Waals surface area (Å²) in [5, 5.41) is 20.6. The summed E-state index contributed by atoms with van der Waals surface area (Å²) in [5.74, 6) is -2.68. The van der Waals surface area contributed by atoms with Gasteiger partial charge < -0.3 is 24.1 Å². The summed E-state index contributed by atoms with van der Waals surface area (Å²) < 4.78 is 52.6. The van der Waals surface area contributed by atoms with Crippen LogP contribution in [0.3, 0.4) is 0 Å². The summed E-state index contributed by atoms with van der Waals surface area (Å²) in [6.07, 6.45) is 4.54. The molecule has 6 heterocycles. The number of hydrogen-bond donors (Lipinski definition) is 1. The molecule has 2 saturated heterocycles. The Morgan fingerprint density at radius 2 is 1.43 bits per heavy atom. The van der Waals surface area contributed by atoms with Gasteiger partial charge in [-0.05, 0) is 55.1 Å². The molecular weight excluding hydrogens is 750 g/mol. The Kier molecular flexibility index (Phi) is 13.4. The summed E-state index contributed by atoms with van der Waals surface area (Å²) in [6.45, 7) is 11.9. The van der Waals surface area contributed by atoms with Crippen molar-refractivity contribution >= 4 is 56.7 Å². The van der Waals surface area contributed by atoms with E-state index in [-0.39, 0.29) is 23.8 Å². The third-order valence-electron chi connectivity index (χ3n) is 7.97. The number of hydrogen-bond acceptors (Lipinski definition) is 14. The summed E-state index contributed by atoms with van der Waals surface area (Å²) in [7, 11) is 0. The van der Waals surface area contributed by atoms with Gasteiger partial charge in [0.2, 0.25) is 33.6 Å². The Morgan fingerprint density at radius 1 is 0.898 bits per heavy atom. The first kappa shape index (κ1) is 38.9. The standard InChI is InChI=1S/C15H21FN4O3S.C8H9BrN4OS.C7H11FO2/c1-5-9-8(3)11(16)15(21,23-9)10-7-17-12-13(22-6-2)18-14(24-4)19-20(10)12;1-3-14-7-6-10-4-5(9)13(6)12-8(11-7)15-2;1-3-5-4(2)6(8)7(9)10-5/h7-9,11,21H,5-6H2,1-4H3;4H,3H2,1-2H3;4-6H,3H2,1-2H3/t8-,9-,11-,15+;;4-,5-,6-/m1.1/s1. The number of cyclic esters (lactones) is 1. The lowest BCUT2D eigenvalue weighted by Gasteiger charge is -2.24. The molecular formula is C30H41BrF2N8O6S2. The number of ether oxygens (including phenoxy) is 4. The lowest BCUT2D eigenvalue weighted by molar-refractivity contribution is -0.227. The largest absolute Gasteiger partial charge is 0.475 e. The number of aromatic nitrogens is 8. The number of halogens is 3. The molecule has 2 fully saturated rings. The van der Waals surface area contributed by atoms with E-state index in [1.165, 1.54) is 34.2 Å². The summed E-state index contributed by atoms with van der Waals surface area (Å²) >= 11 is 6.14. The number of nitrogens with zero attached hydrogens (tertiary/aromatic N) is 8. The second-order valence-corrected chi connectivity index (χ2v) is 13.4. The number of carbonyl (C=O) groups is 1. The maximum absolute atomic E-state index is 14.8. The van der Waals surface area contributed by atoms with Crippen LogP contribution in [0.1, 0.15) is 60.1 Å². The Bertz CT molecular complexity index is 1740. The normalized spacial score (nSPS) is 26.2. The van der Waals surface area contributed by atoms with Crippen molar-refractivity contribution in [2.75, 3.05) is 25.7 Å². The van der Waals surface area contributed by atoms with Gasteiger partial charge in [-0.25, -0.2) is 28.1 Å². The molecule has 2 aliphatic heterocycles. The van der Waals surface area contributed by atoms with E-state index >= 15 is 0 Å². The molecule has 4 aromatic heterocycles. The molecule has 0 amide bonds. The Morgan fingerprint density at radius 3 is 1.88 bits per heavy atom. The van der Waals surface area contributed by atoms with Crippen LogP contribution in [-0.2, 0) is 20.1 Å². The quantitative estimate of drug-likeness (QED) is 0.168. The number of aliphatic hydroxyl groups is 1. The van der Waals surface area contributed by atoms with E-state index in [2.05, 4.69) is 46.1 Å². The zero-order chi connectivity index (χ0) is 36.0. The van der Waals surface area contributed by atoms with Gasteiger partial charge in [-0.1, -0.05) is 51.2 Å². The zero-order valence-electron chi connectivity index (χ0n) is 28.5. The molecule has 14 nitrogen and oxygen atoms in total. The van der Waals surface area contributed by atoms with Crippen LogP contribution in [0, 0.1) is 11.8 Å². The Balaban J connectivity index is 0.000000184. The van der Waals surface area contributed by atoms with Crippen molar-refractivity contribution in [1.29, 1.82) is 0 Å². The first-order valence-electron chi connectivity index (χ1n) is 15.8. The van der Waals surface area contributed by atoms with Crippen LogP contribution in [0.4, 0.5) is 8.78 Å². The number of imidazole rings is 2. The molecule has 0 aliphatic carbocycles. The third-order valence-corrected chi connectivity index (χ3v) is 9.59. The van der Waals surface area contributed by atoms with Crippen molar-refractivity contribution in [3.63, 3.8) is 0 Å². The van der Waals surface area contributed by atoms with Crippen LogP contribution >= 0.6 is 39.5 Å². The molecule has 6 rings (SSSR count). The average molecular weight is 792 g/mol. The zero-order valence-corrected chi connectivity index (χ0v) is 31.7. The molecule has 2 aliphatic rings. The Labute approximate surface area is 299 Å². The number of esters is 1. The van der Waals surface area contributed by atoms with Crippen LogP contribution < -0.4 is 9.47 Å². The lowest BCUT2D eigenvalue weighted by atomic mass is 9.95.